The molecule has 3 heterocycles. The summed E-state index contributed by atoms with van der Waals surface area (Å²) in [6, 6.07) is 4.25. The first-order chi connectivity index (χ1) is 9.66. The number of halogens is 1. The fraction of sp³-hybridized carbons (Fsp3) is 0.357. The van der Waals surface area contributed by atoms with Gasteiger partial charge in [0.25, 0.3) is 0 Å². The Balaban J connectivity index is 1.82. The summed E-state index contributed by atoms with van der Waals surface area (Å²) in [4.78, 5) is 1.40. The Bertz CT molecular complexity index is 733. The first kappa shape index (κ1) is 13.5. The molecule has 3 aromatic rings. The minimum Gasteiger partial charge on any atom is -0.196 e. The number of thiophene rings is 1. The summed E-state index contributed by atoms with van der Waals surface area (Å²) in [5, 5.41) is 15.5. The topological polar surface area (TPSA) is 43.1 Å². The standard InChI is InChI=1S/C14H15ClN4S/c1-9-10(2)14-17-16-12(19(14)18-13(9)15)7-3-5-11-6-4-8-20-11/h4,6,8H,3,5,7H2,1-2H3. The average molecular weight is 307 g/mol. The third-order valence-corrected chi connectivity index (χ3v) is 4.80. The van der Waals surface area contributed by atoms with Gasteiger partial charge in [0.2, 0.25) is 0 Å². The van der Waals surface area contributed by atoms with Crippen LogP contribution in [0.25, 0.3) is 5.65 Å². The van der Waals surface area contributed by atoms with E-state index >= 15 is 0 Å². The predicted octanol–water partition coefficient (Wildman–Crippen LogP) is 3.63. The van der Waals surface area contributed by atoms with Crippen LogP contribution in [0, 0.1) is 13.8 Å². The third kappa shape index (κ3) is 2.43. The van der Waals surface area contributed by atoms with Gasteiger partial charge in [0.15, 0.2) is 16.6 Å². The Hall–Kier alpha value is -1.46. The highest BCUT2D eigenvalue weighted by molar-refractivity contribution is 7.09. The molecule has 3 rings (SSSR count). The second kappa shape index (κ2) is 5.50. The van der Waals surface area contributed by atoms with Gasteiger partial charge < -0.3 is 0 Å². The van der Waals surface area contributed by atoms with Gasteiger partial charge in [-0.15, -0.1) is 21.5 Å². The number of rotatable bonds is 4. The molecular formula is C14H15ClN4S. The first-order valence-corrected chi connectivity index (χ1v) is 7.82. The van der Waals surface area contributed by atoms with Gasteiger partial charge in [0.1, 0.15) is 0 Å². The molecule has 3 aromatic heterocycles. The molecule has 0 amide bonds. The molecule has 0 aliphatic carbocycles. The van der Waals surface area contributed by atoms with E-state index in [1.54, 1.807) is 15.9 Å². The maximum Gasteiger partial charge on any atom is 0.181 e. The molecule has 0 fully saturated rings. The lowest BCUT2D eigenvalue weighted by Gasteiger charge is -2.04. The molecule has 0 aromatic carbocycles. The summed E-state index contributed by atoms with van der Waals surface area (Å²) in [6.45, 7) is 3.96. The average Bonchev–Trinajstić information content (AvgIpc) is 3.07. The van der Waals surface area contributed by atoms with Gasteiger partial charge in [0.05, 0.1) is 0 Å². The van der Waals surface area contributed by atoms with Gasteiger partial charge in [-0.2, -0.15) is 9.61 Å². The normalized spacial score (nSPS) is 11.3. The molecule has 0 N–H and O–H groups in total. The van der Waals surface area contributed by atoms with E-state index < -0.39 is 0 Å². The Morgan fingerprint density at radius 1 is 1.20 bits per heavy atom. The maximum atomic E-state index is 6.15. The number of aryl methyl sites for hydroxylation is 3. The summed E-state index contributed by atoms with van der Waals surface area (Å²) in [5.74, 6) is 0.876. The SMILES string of the molecule is Cc1c(Cl)nn2c(CCCc3cccs3)nnc2c1C. The van der Waals surface area contributed by atoms with Crippen molar-refractivity contribution in [2.45, 2.75) is 33.1 Å². The summed E-state index contributed by atoms with van der Waals surface area (Å²) >= 11 is 7.94. The Morgan fingerprint density at radius 3 is 2.80 bits per heavy atom. The highest BCUT2D eigenvalue weighted by Crippen LogP contribution is 2.20. The van der Waals surface area contributed by atoms with Crippen LogP contribution in [0.1, 0.15) is 28.2 Å². The van der Waals surface area contributed by atoms with E-state index in [0.29, 0.717) is 5.15 Å². The van der Waals surface area contributed by atoms with Crippen LogP contribution in [-0.4, -0.2) is 19.8 Å². The van der Waals surface area contributed by atoms with Crippen LogP contribution < -0.4 is 0 Å². The Morgan fingerprint density at radius 2 is 2.05 bits per heavy atom. The minimum absolute atomic E-state index is 0.523. The fourth-order valence-corrected chi connectivity index (χ4v) is 3.14. The lowest BCUT2D eigenvalue weighted by molar-refractivity contribution is 0.734. The van der Waals surface area contributed by atoms with E-state index in [9.17, 15) is 0 Å². The smallest absolute Gasteiger partial charge is 0.181 e. The number of nitrogens with zero attached hydrogens (tertiary/aromatic N) is 4. The molecule has 6 heteroatoms. The molecule has 0 aliphatic heterocycles. The number of hydrogen-bond donors (Lipinski definition) is 0. The molecule has 20 heavy (non-hydrogen) atoms. The molecule has 0 radical (unpaired) electrons. The predicted molar refractivity (Wildman–Crippen MR) is 81.6 cm³/mol. The van der Waals surface area contributed by atoms with Gasteiger partial charge in [-0.3, -0.25) is 0 Å². The molecule has 0 spiro atoms. The number of aromatic nitrogens is 4. The van der Waals surface area contributed by atoms with Crippen molar-refractivity contribution in [1.82, 2.24) is 19.8 Å². The van der Waals surface area contributed by atoms with E-state index in [2.05, 4.69) is 32.8 Å². The van der Waals surface area contributed by atoms with Gasteiger partial charge in [-0.25, -0.2) is 0 Å². The van der Waals surface area contributed by atoms with Gasteiger partial charge in [-0.1, -0.05) is 17.7 Å². The van der Waals surface area contributed by atoms with Gasteiger partial charge >= 0.3 is 0 Å². The Kier molecular flexibility index (Phi) is 3.72. The zero-order valence-electron chi connectivity index (χ0n) is 11.4. The van der Waals surface area contributed by atoms with Crippen molar-refractivity contribution >= 4 is 28.6 Å². The van der Waals surface area contributed by atoms with E-state index in [-0.39, 0.29) is 0 Å². The second-order valence-corrected chi connectivity index (χ2v) is 6.22. The van der Waals surface area contributed by atoms with Crippen LogP contribution in [0.15, 0.2) is 17.5 Å². The maximum absolute atomic E-state index is 6.15. The lowest BCUT2D eigenvalue weighted by atomic mass is 10.2. The number of hydrogen-bond acceptors (Lipinski definition) is 4. The zero-order valence-corrected chi connectivity index (χ0v) is 13.0. The van der Waals surface area contributed by atoms with Crippen molar-refractivity contribution in [1.29, 1.82) is 0 Å². The molecular weight excluding hydrogens is 292 g/mol. The van der Waals surface area contributed by atoms with Crippen molar-refractivity contribution in [2.24, 2.45) is 0 Å². The van der Waals surface area contributed by atoms with Crippen LogP contribution in [0.4, 0.5) is 0 Å². The summed E-state index contributed by atoms with van der Waals surface area (Å²) in [7, 11) is 0. The quantitative estimate of drug-likeness (QED) is 0.739. The number of fused-ring (bicyclic) bond motifs is 1. The highest BCUT2D eigenvalue weighted by Gasteiger charge is 2.13. The largest absolute Gasteiger partial charge is 0.196 e. The monoisotopic (exact) mass is 306 g/mol. The molecule has 0 atom stereocenters. The molecule has 0 unspecified atom stereocenters. The molecule has 0 aliphatic rings. The van der Waals surface area contributed by atoms with E-state index in [0.717, 1.165) is 41.9 Å². The van der Waals surface area contributed by atoms with Crippen molar-refractivity contribution in [3.05, 3.63) is 44.5 Å². The van der Waals surface area contributed by atoms with Crippen LogP contribution in [-0.2, 0) is 12.8 Å². The van der Waals surface area contributed by atoms with Crippen LogP contribution in [0.2, 0.25) is 5.15 Å². The molecule has 0 saturated heterocycles. The van der Waals surface area contributed by atoms with E-state index in [1.807, 2.05) is 13.8 Å². The van der Waals surface area contributed by atoms with Crippen molar-refractivity contribution in [3.63, 3.8) is 0 Å². The van der Waals surface area contributed by atoms with Crippen LogP contribution in [0.3, 0.4) is 0 Å². The molecule has 0 saturated carbocycles. The van der Waals surface area contributed by atoms with E-state index in [4.69, 9.17) is 11.6 Å². The van der Waals surface area contributed by atoms with Gasteiger partial charge in [0, 0.05) is 16.9 Å². The summed E-state index contributed by atoms with van der Waals surface area (Å²) in [5.41, 5.74) is 2.82. The second-order valence-electron chi connectivity index (χ2n) is 4.83. The van der Waals surface area contributed by atoms with Crippen molar-refractivity contribution in [3.8, 4) is 0 Å². The Labute approximate surface area is 126 Å². The third-order valence-electron chi connectivity index (χ3n) is 3.50. The molecule has 0 bridgehead atoms. The van der Waals surface area contributed by atoms with Crippen LogP contribution in [0.5, 0.6) is 0 Å². The summed E-state index contributed by atoms with van der Waals surface area (Å²) in [6.07, 6.45) is 2.95. The zero-order chi connectivity index (χ0) is 14.1. The van der Waals surface area contributed by atoms with E-state index in [1.165, 1.54) is 4.88 Å². The molecule has 104 valence electrons. The minimum atomic E-state index is 0.523. The lowest BCUT2D eigenvalue weighted by Crippen LogP contribution is -2.03. The van der Waals surface area contributed by atoms with Crippen molar-refractivity contribution < 1.29 is 0 Å². The van der Waals surface area contributed by atoms with Crippen molar-refractivity contribution in [2.75, 3.05) is 0 Å². The van der Waals surface area contributed by atoms with Gasteiger partial charge in [-0.05, 0) is 43.7 Å². The fourth-order valence-electron chi connectivity index (χ4n) is 2.17. The van der Waals surface area contributed by atoms with Crippen LogP contribution >= 0.6 is 22.9 Å². The first-order valence-electron chi connectivity index (χ1n) is 6.56. The highest BCUT2D eigenvalue weighted by atomic mass is 35.5. The molecule has 4 nitrogen and oxygen atoms in total. The summed E-state index contributed by atoms with van der Waals surface area (Å²) < 4.78 is 1.78.